The van der Waals surface area contributed by atoms with E-state index in [0.29, 0.717) is 12.3 Å². The van der Waals surface area contributed by atoms with E-state index in [1.807, 2.05) is 67.8 Å². The van der Waals surface area contributed by atoms with Crippen molar-refractivity contribution < 1.29 is 14.3 Å². The lowest BCUT2D eigenvalue weighted by Crippen LogP contribution is -2.45. The topological polar surface area (TPSA) is 49.9 Å². The third kappa shape index (κ3) is 4.52. The Balaban J connectivity index is 1.66. The highest BCUT2D eigenvalue weighted by atomic mass is 16.5. The molecular weight excluding hydrogens is 400 g/mol. The zero-order valence-electron chi connectivity index (χ0n) is 19.6. The van der Waals surface area contributed by atoms with Gasteiger partial charge < -0.3 is 14.5 Å². The van der Waals surface area contributed by atoms with Crippen molar-refractivity contribution in [3.8, 4) is 5.75 Å². The molecule has 5 nitrogen and oxygen atoms in total. The zero-order valence-corrected chi connectivity index (χ0v) is 19.6. The Morgan fingerprint density at radius 2 is 1.69 bits per heavy atom. The third-order valence-electron chi connectivity index (χ3n) is 6.44. The highest BCUT2D eigenvalue weighted by Crippen LogP contribution is 2.39. The first-order valence-electron chi connectivity index (χ1n) is 11.7. The molecule has 2 heterocycles. The molecule has 2 aliphatic heterocycles. The van der Waals surface area contributed by atoms with Crippen LogP contribution >= 0.6 is 0 Å². The normalized spacial score (nSPS) is 19.4. The first-order chi connectivity index (χ1) is 15.3. The molecule has 0 N–H and O–H groups in total. The van der Waals surface area contributed by atoms with Crippen LogP contribution in [0.2, 0.25) is 0 Å². The SMILES string of the molecule is C[C@@H](Oc1ccc2c(c1)[C@@H](c1ccccc1)N(C(=O)C(C)(C)C)CC2)C(=O)N1CCCC1. The van der Waals surface area contributed by atoms with Crippen LogP contribution in [0.1, 0.15) is 63.3 Å². The Labute approximate surface area is 191 Å². The summed E-state index contributed by atoms with van der Waals surface area (Å²) in [6.07, 6.45) is 2.40. The van der Waals surface area contributed by atoms with Gasteiger partial charge in [0.1, 0.15) is 5.75 Å². The van der Waals surface area contributed by atoms with Gasteiger partial charge in [0.2, 0.25) is 5.91 Å². The number of nitrogens with zero attached hydrogens (tertiary/aromatic N) is 2. The van der Waals surface area contributed by atoms with Crippen LogP contribution in [0.3, 0.4) is 0 Å². The molecule has 0 spiro atoms. The summed E-state index contributed by atoms with van der Waals surface area (Å²) in [5.41, 5.74) is 2.93. The van der Waals surface area contributed by atoms with E-state index in [1.165, 1.54) is 5.56 Å². The third-order valence-corrected chi connectivity index (χ3v) is 6.44. The molecule has 0 bridgehead atoms. The van der Waals surface area contributed by atoms with Crippen LogP contribution in [0.4, 0.5) is 0 Å². The molecular formula is C27H34N2O3. The molecule has 2 atom stereocenters. The minimum Gasteiger partial charge on any atom is -0.481 e. The van der Waals surface area contributed by atoms with Gasteiger partial charge >= 0.3 is 0 Å². The van der Waals surface area contributed by atoms with Gasteiger partial charge in [-0.3, -0.25) is 9.59 Å². The van der Waals surface area contributed by atoms with Gasteiger partial charge in [-0.25, -0.2) is 0 Å². The van der Waals surface area contributed by atoms with Crippen molar-refractivity contribution in [3.63, 3.8) is 0 Å². The van der Waals surface area contributed by atoms with Crippen LogP contribution in [0.15, 0.2) is 48.5 Å². The number of carbonyl (C=O) groups excluding carboxylic acids is 2. The van der Waals surface area contributed by atoms with Crippen molar-refractivity contribution in [2.24, 2.45) is 5.41 Å². The predicted molar refractivity (Wildman–Crippen MR) is 126 cm³/mol. The van der Waals surface area contributed by atoms with Gasteiger partial charge in [0, 0.05) is 25.0 Å². The number of amides is 2. The Morgan fingerprint density at radius 3 is 2.34 bits per heavy atom. The molecule has 1 saturated heterocycles. The van der Waals surface area contributed by atoms with E-state index < -0.39 is 11.5 Å². The van der Waals surface area contributed by atoms with Crippen LogP contribution in [-0.4, -0.2) is 47.4 Å². The molecule has 5 heteroatoms. The van der Waals surface area contributed by atoms with Crippen molar-refractivity contribution in [2.75, 3.05) is 19.6 Å². The molecule has 0 saturated carbocycles. The minimum absolute atomic E-state index is 0.0457. The lowest BCUT2D eigenvalue weighted by molar-refractivity contribution is -0.141. The predicted octanol–water partition coefficient (Wildman–Crippen LogP) is 4.60. The van der Waals surface area contributed by atoms with Crippen molar-refractivity contribution in [3.05, 3.63) is 65.2 Å². The number of rotatable bonds is 4. The number of likely N-dealkylation sites (tertiary alicyclic amines) is 1. The van der Waals surface area contributed by atoms with Crippen molar-refractivity contribution >= 4 is 11.8 Å². The quantitative estimate of drug-likeness (QED) is 0.707. The van der Waals surface area contributed by atoms with Crippen molar-refractivity contribution in [2.45, 2.75) is 59.1 Å². The summed E-state index contributed by atoms with van der Waals surface area (Å²) in [6, 6.07) is 16.1. The summed E-state index contributed by atoms with van der Waals surface area (Å²) in [4.78, 5) is 30.0. The van der Waals surface area contributed by atoms with Crippen LogP contribution in [0.5, 0.6) is 5.75 Å². The van der Waals surface area contributed by atoms with Crippen LogP contribution in [0, 0.1) is 5.41 Å². The fourth-order valence-corrected chi connectivity index (χ4v) is 4.76. The molecule has 32 heavy (non-hydrogen) atoms. The molecule has 2 aromatic rings. The number of ether oxygens (including phenoxy) is 1. The highest BCUT2D eigenvalue weighted by molar-refractivity contribution is 5.83. The van der Waals surface area contributed by atoms with Crippen LogP contribution in [0.25, 0.3) is 0 Å². The van der Waals surface area contributed by atoms with Crippen LogP contribution in [-0.2, 0) is 16.0 Å². The van der Waals surface area contributed by atoms with Crippen molar-refractivity contribution in [1.29, 1.82) is 0 Å². The lowest BCUT2D eigenvalue weighted by Gasteiger charge is -2.41. The summed E-state index contributed by atoms with van der Waals surface area (Å²) >= 11 is 0. The van der Waals surface area contributed by atoms with Gasteiger partial charge in [0.05, 0.1) is 6.04 Å². The average Bonchev–Trinajstić information content (AvgIpc) is 3.32. The van der Waals surface area contributed by atoms with E-state index in [2.05, 4.69) is 18.2 Å². The van der Waals surface area contributed by atoms with E-state index in [-0.39, 0.29) is 17.9 Å². The second kappa shape index (κ2) is 8.97. The first kappa shape index (κ1) is 22.4. The summed E-state index contributed by atoms with van der Waals surface area (Å²) in [6.45, 7) is 10.1. The summed E-state index contributed by atoms with van der Waals surface area (Å²) < 4.78 is 6.11. The van der Waals surface area contributed by atoms with Crippen molar-refractivity contribution in [1.82, 2.24) is 9.80 Å². The van der Waals surface area contributed by atoms with Gasteiger partial charge in [0.25, 0.3) is 5.91 Å². The van der Waals surface area contributed by atoms with E-state index in [9.17, 15) is 9.59 Å². The summed E-state index contributed by atoms with van der Waals surface area (Å²) in [5, 5.41) is 0. The van der Waals surface area contributed by atoms with Gasteiger partial charge in [-0.05, 0) is 55.0 Å². The largest absolute Gasteiger partial charge is 0.481 e. The maximum Gasteiger partial charge on any atom is 0.263 e. The number of hydrogen-bond acceptors (Lipinski definition) is 3. The molecule has 0 aromatic heterocycles. The average molecular weight is 435 g/mol. The Kier molecular flexibility index (Phi) is 6.27. The van der Waals surface area contributed by atoms with E-state index in [4.69, 9.17) is 4.74 Å². The molecule has 0 aliphatic carbocycles. The Morgan fingerprint density at radius 1 is 1.00 bits per heavy atom. The number of hydrogen-bond donors (Lipinski definition) is 0. The molecule has 1 fully saturated rings. The molecule has 170 valence electrons. The van der Waals surface area contributed by atoms with Gasteiger partial charge in [-0.2, -0.15) is 0 Å². The van der Waals surface area contributed by atoms with E-state index >= 15 is 0 Å². The maximum absolute atomic E-state index is 13.4. The fraction of sp³-hybridized carbons (Fsp3) is 0.481. The van der Waals surface area contributed by atoms with Gasteiger partial charge in [0.15, 0.2) is 6.10 Å². The first-order valence-corrected chi connectivity index (χ1v) is 11.7. The molecule has 4 rings (SSSR count). The zero-order chi connectivity index (χ0) is 22.9. The van der Waals surface area contributed by atoms with Gasteiger partial charge in [-0.15, -0.1) is 0 Å². The molecule has 0 radical (unpaired) electrons. The number of fused-ring (bicyclic) bond motifs is 1. The van der Waals surface area contributed by atoms with Gasteiger partial charge in [-0.1, -0.05) is 57.2 Å². The highest BCUT2D eigenvalue weighted by Gasteiger charge is 2.37. The minimum atomic E-state index is -0.530. The standard InChI is InChI=1S/C27H34N2O3/c1-19(25(30)28-15-8-9-16-28)32-22-13-12-20-14-17-29(26(31)27(2,3)4)24(23(20)18-22)21-10-6-5-7-11-21/h5-7,10-13,18-19,24H,8-9,14-17H2,1-4H3/t19-,24-/m1/s1. The molecule has 2 aromatic carbocycles. The Bertz CT molecular complexity index is 974. The van der Waals surface area contributed by atoms with Crippen LogP contribution < -0.4 is 4.74 Å². The molecule has 0 unspecified atom stereocenters. The lowest BCUT2D eigenvalue weighted by atomic mass is 9.85. The van der Waals surface area contributed by atoms with E-state index in [1.54, 1.807) is 0 Å². The Hall–Kier alpha value is -2.82. The second-order valence-electron chi connectivity index (χ2n) is 9.96. The molecule has 2 amide bonds. The number of benzene rings is 2. The number of carbonyl (C=O) groups is 2. The summed E-state index contributed by atoms with van der Waals surface area (Å²) in [5.74, 6) is 0.861. The summed E-state index contributed by atoms with van der Waals surface area (Å²) in [7, 11) is 0. The fourth-order valence-electron chi connectivity index (χ4n) is 4.76. The molecule has 2 aliphatic rings. The maximum atomic E-state index is 13.4. The monoisotopic (exact) mass is 434 g/mol. The van der Waals surface area contributed by atoms with E-state index in [0.717, 1.165) is 43.5 Å². The second-order valence-corrected chi connectivity index (χ2v) is 9.96. The smallest absolute Gasteiger partial charge is 0.263 e.